The van der Waals surface area contributed by atoms with Crippen LogP contribution in [-0.2, 0) is 4.79 Å². The second kappa shape index (κ2) is 7.21. The largest absolute Gasteiger partial charge is 0.357 e. The van der Waals surface area contributed by atoms with Crippen molar-refractivity contribution in [2.45, 2.75) is 12.8 Å². The molecule has 2 rings (SSSR count). The third-order valence-electron chi connectivity index (χ3n) is 3.54. The molecule has 0 aliphatic carbocycles. The molecule has 2 amide bonds. The van der Waals surface area contributed by atoms with Gasteiger partial charge in [-0.2, -0.15) is 0 Å². The highest BCUT2D eigenvalue weighted by Gasteiger charge is 2.17. The highest BCUT2D eigenvalue weighted by Crippen LogP contribution is 2.12. The summed E-state index contributed by atoms with van der Waals surface area (Å²) in [6.45, 7) is 3.24. The van der Waals surface area contributed by atoms with E-state index < -0.39 is 0 Å². The number of aromatic nitrogens is 1. The molecule has 0 unspecified atom stereocenters. The summed E-state index contributed by atoms with van der Waals surface area (Å²) in [5, 5.41) is 5.71. The highest BCUT2D eigenvalue weighted by molar-refractivity contribution is 6.04. The third kappa shape index (κ3) is 4.47. The minimum atomic E-state index is -0.379. The summed E-state index contributed by atoms with van der Waals surface area (Å²) in [5.41, 5.74) is 0.402. The fourth-order valence-corrected chi connectivity index (χ4v) is 2.52. The molecule has 0 spiro atoms. The summed E-state index contributed by atoms with van der Waals surface area (Å²) < 4.78 is 0. The normalized spacial score (nSPS) is 16.3. The number of likely N-dealkylation sites (N-methyl/N-ethyl adjacent to an activating group) is 1. The summed E-state index contributed by atoms with van der Waals surface area (Å²) in [7, 11) is 1.92. The van der Waals surface area contributed by atoms with Crippen LogP contribution >= 0.6 is 0 Å². The summed E-state index contributed by atoms with van der Waals surface area (Å²) in [6, 6.07) is 3.37. The quantitative estimate of drug-likeness (QED) is 0.719. The van der Waals surface area contributed by atoms with Gasteiger partial charge in [-0.1, -0.05) is 0 Å². The lowest BCUT2D eigenvalue weighted by Gasteiger charge is -2.27. The van der Waals surface area contributed by atoms with Crippen LogP contribution in [0.2, 0.25) is 0 Å². The number of piperidine rings is 1. The number of H-pyrrole nitrogens is 1. The number of hydrogen-bond donors (Lipinski definition) is 3. The molecule has 1 saturated heterocycles. The van der Waals surface area contributed by atoms with E-state index in [0.29, 0.717) is 11.6 Å². The number of hydrogen-bond acceptors (Lipinski definition) is 4. The lowest BCUT2D eigenvalue weighted by molar-refractivity contribution is -0.121. The van der Waals surface area contributed by atoms with Gasteiger partial charge >= 0.3 is 0 Å². The summed E-state index contributed by atoms with van der Waals surface area (Å²) >= 11 is 0. The van der Waals surface area contributed by atoms with E-state index in [-0.39, 0.29) is 18.4 Å². The molecule has 1 fully saturated rings. The first kappa shape index (κ1) is 14.7. The molecule has 6 nitrogen and oxygen atoms in total. The Balaban J connectivity index is 1.71. The average molecular weight is 278 g/mol. The standard InChI is InChI=1S/C14H22N4O2/c1-18(9-11-4-7-15-8-5-11)10-13(19)17-14(20)12-3-2-6-16-12/h2-3,6,11,15-16H,4-5,7-10H2,1H3,(H,17,19,20). The predicted molar refractivity (Wildman–Crippen MR) is 76.4 cm³/mol. The summed E-state index contributed by atoms with van der Waals surface area (Å²) in [4.78, 5) is 28.3. The van der Waals surface area contributed by atoms with Crippen molar-refractivity contribution >= 4 is 11.8 Å². The number of carbonyl (C=O) groups is 2. The van der Waals surface area contributed by atoms with Gasteiger partial charge in [-0.05, 0) is 51.0 Å². The van der Waals surface area contributed by atoms with Gasteiger partial charge in [0, 0.05) is 12.7 Å². The molecule has 1 aliphatic heterocycles. The predicted octanol–water partition coefficient (Wildman–Crippen LogP) is 0.203. The molecule has 110 valence electrons. The Labute approximate surface area is 118 Å². The van der Waals surface area contributed by atoms with Crippen molar-refractivity contribution < 1.29 is 9.59 Å². The molecule has 1 aromatic heterocycles. The van der Waals surface area contributed by atoms with Gasteiger partial charge in [0.05, 0.1) is 6.54 Å². The molecular formula is C14H22N4O2. The Hall–Kier alpha value is -1.66. The second-order valence-electron chi connectivity index (χ2n) is 5.35. The van der Waals surface area contributed by atoms with Gasteiger partial charge in [-0.25, -0.2) is 0 Å². The number of amides is 2. The zero-order valence-electron chi connectivity index (χ0n) is 11.8. The van der Waals surface area contributed by atoms with E-state index >= 15 is 0 Å². The SMILES string of the molecule is CN(CC(=O)NC(=O)c1ccc[nH]1)CC1CCNCC1. The molecule has 0 radical (unpaired) electrons. The van der Waals surface area contributed by atoms with Gasteiger partial charge in [0.25, 0.3) is 5.91 Å². The Kier molecular flexibility index (Phi) is 5.31. The highest BCUT2D eigenvalue weighted by atomic mass is 16.2. The van der Waals surface area contributed by atoms with E-state index in [0.717, 1.165) is 32.5 Å². The molecular weight excluding hydrogens is 256 g/mol. The maximum atomic E-state index is 11.8. The first-order valence-electron chi connectivity index (χ1n) is 7.02. The first-order valence-corrected chi connectivity index (χ1v) is 7.02. The van der Waals surface area contributed by atoms with Gasteiger partial charge in [-0.15, -0.1) is 0 Å². The molecule has 3 N–H and O–H groups in total. The van der Waals surface area contributed by atoms with Crippen molar-refractivity contribution in [3.8, 4) is 0 Å². The number of carbonyl (C=O) groups excluding carboxylic acids is 2. The van der Waals surface area contributed by atoms with E-state index in [9.17, 15) is 9.59 Å². The monoisotopic (exact) mass is 278 g/mol. The molecule has 0 bridgehead atoms. The third-order valence-corrected chi connectivity index (χ3v) is 3.54. The van der Waals surface area contributed by atoms with Crippen molar-refractivity contribution in [3.05, 3.63) is 24.0 Å². The van der Waals surface area contributed by atoms with Crippen LogP contribution < -0.4 is 10.6 Å². The zero-order chi connectivity index (χ0) is 14.4. The fraction of sp³-hybridized carbons (Fsp3) is 0.571. The van der Waals surface area contributed by atoms with Crippen LogP contribution in [-0.4, -0.2) is 54.9 Å². The maximum Gasteiger partial charge on any atom is 0.274 e. The average Bonchev–Trinajstić information content (AvgIpc) is 2.93. The lowest BCUT2D eigenvalue weighted by atomic mass is 9.98. The van der Waals surface area contributed by atoms with Crippen molar-refractivity contribution in [2.75, 3.05) is 33.2 Å². The van der Waals surface area contributed by atoms with Gasteiger partial charge in [0.2, 0.25) is 5.91 Å². The number of imide groups is 1. The molecule has 6 heteroatoms. The van der Waals surface area contributed by atoms with Crippen molar-refractivity contribution in [2.24, 2.45) is 5.92 Å². The molecule has 1 aromatic rings. The maximum absolute atomic E-state index is 11.8. The minimum Gasteiger partial charge on any atom is -0.357 e. The van der Waals surface area contributed by atoms with Crippen LogP contribution in [0.4, 0.5) is 0 Å². The van der Waals surface area contributed by atoms with Gasteiger partial charge in [0.15, 0.2) is 0 Å². The van der Waals surface area contributed by atoms with E-state index in [1.54, 1.807) is 18.3 Å². The molecule has 0 atom stereocenters. The topological polar surface area (TPSA) is 77.2 Å². The van der Waals surface area contributed by atoms with Crippen LogP contribution in [0.3, 0.4) is 0 Å². The molecule has 2 heterocycles. The van der Waals surface area contributed by atoms with Crippen LogP contribution in [0, 0.1) is 5.92 Å². The van der Waals surface area contributed by atoms with E-state index in [4.69, 9.17) is 0 Å². The molecule has 1 aliphatic rings. The Morgan fingerprint density at radius 3 is 2.80 bits per heavy atom. The fourth-order valence-electron chi connectivity index (χ4n) is 2.52. The number of rotatable bonds is 5. The van der Waals surface area contributed by atoms with Crippen molar-refractivity contribution in [3.63, 3.8) is 0 Å². The van der Waals surface area contributed by atoms with Gasteiger partial charge in [-0.3, -0.25) is 19.8 Å². The summed E-state index contributed by atoms with van der Waals surface area (Å²) in [5.74, 6) is -0.00976. The van der Waals surface area contributed by atoms with E-state index in [1.807, 2.05) is 11.9 Å². The smallest absolute Gasteiger partial charge is 0.274 e. The number of nitrogens with zero attached hydrogens (tertiary/aromatic N) is 1. The first-order chi connectivity index (χ1) is 9.65. The van der Waals surface area contributed by atoms with Crippen molar-refractivity contribution in [1.29, 1.82) is 0 Å². The second-order valence-corrected chi connectivity index (χ2v) is 5.35. The Bertz CT molecular complexity index is 438. The van der Waals surface area contributed by atoms with Crippen LogP contribution in [0.25, 0.3) is 0 Å². The van der Waals surface area contributed by atoms with E-state index in [1.165, 1.54) is 0 Å². The summed E-state index contributed by atoms with van der Waals surface area (Å²) in [6.07, 6.45) is 3.95. The molecule has 0 aromatic carbocycles. The van der Waals surface area contributed by atoms with Crippen molar-refractivity contribution in [1.82, 2.24) is 20.5 Å². The Morgan fingerprint density at radius 1 is 1.40 bits per heavy atom. The Morgan fingerprint density at radius 2 is 2.15 bits per heavy atom. The van der Waals surface area contributed by atoms with E-state index in [2.05, 4.69) is 15.6 Å². The number of aromatic amines is 1. The zero-order valence-corrected chi connectivity index (χ0v) is 11.8. The molecule has 0 saturated carbocycles. The lowest BCUT2D eigenvalue weighted by Crippen LogP contribution is -2.41. The number of nitrogens with one attached hydrogen (secondary N) is 3. The van der Waals surface area contributed by atoms with Crippen LogP contribution in [0.15, 0.2) is 18.3 Å². The van der Waals surface area contributed by atoms with Crippen LogP contribution in [0.5, 0.6) is 0 Å². The van der Waals surface area contributed by atoms with Gasteiger partial charge < -0.3 is 10.3 Å². The van der Waals surface area contributed by atoms with Gasteiger partial charge in [0.1, 0.15) is 5.69 Å². The molecule has 20 heavy (non-hydrogen) atoms. The minimum absolute atomic E-state index is 0.246. The van der Waals surface area contributed by atoms with Crippen LogP contribution in [0.1, 0.15) is 23.3 Å².